The van der Waals surface area contributed by atoms with Crippen molar-refractivity contribution in [1.29, 1.82) is 0 Å². The second kappa shape index (κ2) is 6.89. The number of amides is 1. The Morgan fingerprint density at radius 2 is 2.00 bits per heavy atom. The number of carbonyl (C=O) groups excluding carboxylic acids is 1. The number of unbranched alkanes of at least 4 members (excludes halogenated alkanes) is 1. The van der Waals surface area contributed by atoms with Crippen LogP contribution in [0.2, 0.25) is 0 Å². The zero-order valence-electron chi connectivity index (χ0n) is 11.4. The van der Waals surface area contributed by atoms with Crippen LogP contribution in [-0.4, -0.2) is 35.6 Å². The maximum Gasteiger partial charge on any atom is 0.303 e. The smallest absolute Gasteiger partial charge is 0.303 e. The van der Waals surface area contributed by atoms with E-state index < -0.39 is 5.97 Å². The summed E-state index contributed by atoms with van der Waals surface area (Å²) in [6.07, 6.45) is 7.53. The summed E-state index contributed by atoms with van der Waals surface area (Å²) in [5, 5.41) is 14.9. The van der Waals surface area contributed by atoms with E-state index in [1.54, 1.807) is 0 Å². The number of aliphatic carboxylic acids is 1. The Labute approximate surface area is 114 Å². The van der Waals surface area contributed by atoms with E-state index in [1.807, 2.05) is 0 Å². The van der Waals surface area contributed by atoms with Gasteiger partial charge in [-0.25, -0.2) is 0 Å². The Morgan fingerprint density at radius 3 is 2.74 bits per heavy atom. The molecule has 1 aliphatic carbocycles. The molecule has 2 fully saturated rings. The van der Waals surface area contributed by atoms with Gasteiger partial charge in [0.25, 0.3) is 0 Å². The van der Waals surface area contributed by atoms with Gasteiger partial charge in [-0.1, -0.05) is 12.8 Å². The molecule has 1 saturated heterocycles. The Kier molecular flexibility index (Phi) is 5.19. The Bertz CT molecular complexity index is 319. The van der Waals surface area contributed by atoms with Crippen molar-refractivity contribution >= 4 is 11.9 Å². The molecule has 0 aromatic rings. The monoisotopic (exact) mass is 268 g/mol. The maximum absolute atomic E-state index is 12.0. The highest BCUT2D eigenvalue weighted by atomic mass is 16.4. The molecule has 0 bridgehead atoms. The van der Waals surface area contributed by atoms with Crippen LogP contribution in [0.15, 0.2) is 0 Å². The molecule has 1 amide bonds. The summed E-state index contributed by atoms with van der Waals surface area (Å²) in [6, 6.07) is 0.504. The predicted molar refractivity (Wildman–Crippen MR) is 71.8 cm³/mol. The van der Waals surface area contributed by atoms with E-state index in [4.69, 9.17) is 5.11 Å². The molecule has 0 radical (unpaired) electrons. The highest BCUT2D eigenvalue weighted by Gasteiger charge is 2.37. The molecular formula is C14H24N2O3. The first-order chi connectivity index (χ1) is 9.16. The molecule has 2 aliphatic rings. The van der Waals surface area contributed by atoms with Crippen LogP contribution in [0, 0.1) is 5.92 Å². The van der Waals surface area contributed by atoms with Gasteiger partial charge in [0.15, 0.2) is 0 Å². The Morgan fingerprint density at radius 1 is 1.21 bits per heavy atom. The van der Waals surface area contributed by atoms with E-state index in [2.05, 4.69) is 10.6 Å². The van der Waals surface area contributed by atoms with Gasteiger partial charge in [-0.3, -0.25) is 9.59 Å². The molecule has 19 heavy (non-hydrogen) atoms. The quantitative estimate of drug-likeness (QED) is 0.634. The Hall–Kier alpha value is -1.10. The van der Waals surface area contributed by atoms with Crippen LogP contribution in [0.4, 0.5) is 0 Å². The van der Waals surface area contributed by atoms with E-state index in [0.29, 0.717) is 24.9 Å². The average molecular weight is 268 g/mol. The van der Waals surface area contributed by atoms with Gasteiger partial charge in [-0.2, -0.15) is 0 Å². The summed E-state index contributed by atoms with van der Waals surface area (Å²) >= 11 is 0. The van der Waals surface area contributed by atoms with Crippen molar-refractivity contribution < 1.29 is 14.7 Å². The molecule has 1 saturated carbocycles. The van der Waals surface area contributed by atoms with E-state index in [9.17, 15) is 9.59 Å². The fraction of sp³-hybridized carbons (Fsp3) is 0.857. The van der Waals surface area contributed by atoms with Gasteiger partial charge < -0.3 is 15.7 Å². The number of hydrogen-bond acceptors (Lipinski definition) is 3. The second-order valence-electron chi connectivity index (χ2n) is 5.75. The minimum absolute atomic E-state index is 0.0347. The molecule has 5 heteroatoms. The number of nitrogens with one attached hydrogen (secondary N) is 2. The van der Waals surface area contributed by atoms with Crippen molar-refractivity contribution in [2.24, 2.45) is 5.92 Å². The van der Waals surface area contributed by atoms with Crippen LogP contribution in [0.25, 0.3) is 0 Å². The number of rotatable bonds is 6. The first-order valence-corrected chi connectivity index (χ1v) is 7.42. The van der Waals surface area contributed by atoms with Gasteiger partial charge in [0.1, 0.15) is 0 Å². The molecule has 5 nitrogen and oxygen atoms in total. The summed E-state index contributed by atoms with van der Waals surface area (Å²) < 4.78 is 0. The van der Waals surface area contributed by atoms with E-state index in [0.717, 1.165) is 12.8 Å². The van der Waals surface area contributed by atoms with E-state index in [1.165, 1.54) is 25.7 Å². The van der Waals surface area contributed by atoms with Crippen LogP contribution in [0.3, 0.4) is 0 Å². The van der Waals surface area contributed by atoms with E-state index in [-0.39, 0.29) is 18.4 Å². The van der Waals surface area contributed by atoms with Gasteiger partial charge in [0, 0.05) is 19.0 Å². The second-order valence-corrected chi connectivity index (χ2v) is 5.75. The van der Waals surface area contributed by atoms with Crippen LogP contribution >= 0.6 is 0 Å². The van der Waals surface area contributed by atoms with Gasteiger partial charge >= 0.3 is 5.97 Å². The van der Waals surface area contributed by atoms with Gasteiger partial charge in [-0.15, -0.1) is 0 Å². The van der Waals surface area contributed by atoms with Crippen molar-refractivity contribution in [3.8, 4) is 0 Å². The third-order valence-corrected chi connectivity index (χ3v) is 4.30. The number of fused-ring (bicyclic) bond motifs is 1. The van der Waals surface area contributed by atoms with Crippen molar-refractivity contribution in [3.63, 3.8) is 0 Å². The lowest BCUT2D eigenvalue weighted by atomic mass is 9.85. The number of carbonyl (C=O) groups is 2. The van der Waals surface area contributed by atoms with Gasteiger partial charge in [0.2, 0.25) is 5.91 Å². The summed E-state index contributed by atoms with van der Waals surface area (Å²) in [5.74, 6) is -0.00547. The molecule has 1 heterocycles. The highest BCUT2D eigenvalue weighted by Crippen LogP contribution is 2.33. The molecule has 1 aliphatic heterocycles. The van der Waals surface area contributed by atoms with Crippen LogP contribution in [-0.2, 0) is 9.59 Å². The molecular weight excluding hydrogens is 244 g/mol. The standard InChI is InChI=1S/C14H24N2O3/c17-13(18)7-3-4-8-15-14(19)12-9-10-5-1-2-6-11(10)16-12/h10-12,16H,1-9H2,(H,15,19)(H,17,18). The molecule has 0 aromatic heterocycles. The molecule has 3 atom stereocenters. The predicted octanol–water partition coefficient (Wildman–Crippen LogP) is 1.28. The number of carboxylic acids is 1. The van der Waals surface area contributed by atoms with Gasteiger partial charge in [-0.05, 0) is 38.0 Å². The molecule has 2 rings (SSSR count). The summed E-state index contributed by atoms with van der Waals surface area (Å²) in [5.41, 5.74) is 0. The highest BCUT2D eigenvalue weighted by molar-refractivity contribution is 5.82. The SMILES string of the molecule is O=C(O)CCCCNC(=O)C1CC2CCCCC2N1. The number of carboxylic acid groups (broad SMARTS) is 1. The van der Waals surface area contributed by atoms with Crippen LogP contribution < -0.4 is 10.6 Å². The van der Waals surface area contributed by atoms with Crippen molar-refractivity contribution in [3.05, 3.63) is 0 Å². The molecule has 0 spiro atoms. The topological polar surface area (TPSA) is 78.4 Å². The van der Waals surface area contributed by atoms with Crippen molar-refractivity contribution in [2.45, 2.75) is 63.5 Å². The summed E-state index contributed by atoms with van der Waals surface area (Å²) in [4.78, 5) is 22.3. The molecule has 3 N–H and O–H groups in total. The molecule has 108 valence electrons. The molecule has 3 unspecified atom stereocenters. The fourth-order valence-corrected chi connectivity index (χ4v) is 3.26. The third-order valence-electron chi connectivity index (χ3n) is 4.30. The minimum Gasteiger partial charge on any atom is -0.481 e. The molecule has 0 aromatic carbocycles. The van der Waals surface area contributed by atoms with Crippen molar-refractivity contribution in [1.82, 2.24) is 10.6 Å². The normalized spacial score (nSPS) is 29.8. The van der Waals surface area contributed by atoms with Gasteiger partial charge in [0.05, 0.1) is 6.04 Å². The van der Waals surface area contributed by atoms with Crippen molar-refractivity contribution in [2.75, 3.05) is 6.54 Å². The van der Waals surface area contributed by atoms with E-state index >= 15 is 0 Å². The zero-order chi connectivity index (χ0) is 13.7. The van der Waals surface area contributed by atoms with Crippen LogP contribution in [0.5, 0.6) is 0 Å². The Balaban J connectivity index is 1.62. The lowest BCUT2D eigenvalue weighted by Gasteiger charge is -2.24. The summed E-state index contributed by atoms with van der Waals surface area (Å²) in [7, 11) is 0. The number of hydrogen-bond donors (Lipinski definition) is 3. The first-order valence-electron chi connectivity index (χ1n) is 7.42. The maximum atomic E-state index is 12.0. The zero-order valence-corrected chi connectivity index (χ0v) is 11.4. The fourth-order valence-electron chi connectivity index (χ4n) is 3.26. The lowest BCUT2D eigenvalue weighted by molar-refractivity contribution is -0.137. The average Bonchev–Trinajstić information content (AvgIpc) is 2.81. The van der Waals surface area contributed by atoms with Crippen LogP contribution in [0.1, 0.15) is 51.4 Å². The first kappa shape index (κ1) is 14.3. The lowest BCUT2D eigenvalue weighted by Crippen LogP contribution is -2.43. The summed E-state index contributed by atoms with van der Waals surface area (Å²) in [6.45, 7) is 0.583. The minimum atomic E-state index is -0.770. The largest absolute Gasteiger partial charge is 0.481 e. The third kappa shape index (κ3) is 4.20.